The Balaban J connectivity index is 2.27. The number of halogens is 2. The molecule has 0 amide bonds. The average molecular weight is 410 g/mol. The summed E-state index contributed by atoms with van der Waals surface area (Å²) in [4.78, 5) is 9.66. The lowest BCUT2D eigenvalue weighted by atomic mass is 9.94. The minimum atomic E-state index is -4.91. The molecule has 0 aliphatic heterocycles. The van der Waals surface area contributed by atoms with Gasteiger partial charge in [-0.2, -0.15) is 8.78 Å². The van der Waals surface area contributed by atoms with Gasteiger partial charge in [0.1, 0.15) is 5.69 Å². The lowest BCUT2D eigenvalue weighted by Gasteiger charge is -2.29. The second-order valence-electron chi connectivity index (χ2n) is 6.04. The van der Waals surface area contributed by atoms with Crippen LogP contribution in [0.2, 0.25) is 0 Å². The second-order valence-corrected chi connectivity index (χ2v) is 9.96. The van der Waals surface area contributed by atoms with Crippen LogP contribution in [0.3, 0.4) is 0 Å². The average Bonchev–Trinajstić information content (AvgIpc) is 2.61. The van der Waals surface area contributed by atoms with E-state index in [0.29, 0.717) is 18.2 Å². The molecule has 1 saturated carbocycles. The number of anilines is 1. The van der Waals surface area contributed by atoms with Gasteiger partial charge in [-0.05, 0) is 31.4 Å². The first-order valence-corrected chi connectivity index (χ1v) is 11.0. The van der Waals surface area contributed by atoms with Gasteiger partial charge in [0.25, 0.3) is 5.69 Å². The molecule has 7 nitrogen and oxygen atoms in total. The Morgan fingerprint density at radius 3 is 2.65 bits per heavy atom. The predicted octanol–water partition coefficient (Wildman–Crippen LogP) is 3.08. The molecular weight excluding hydrogens is 390 g/mol. The largest absolute Gasteiger partial charge is 0.377 e. The number of sulfone groups is 1. The molecule has 1 aromatic carbocycles. The zero-order valence-corrected chi connectivity index (χ0v) is 15.7. The van der Waals surface area contributed by atoms with Crippen LogP contribution in [0.5, 0.6) is 0 Å². The van der Waals surface area contributed by atoms with Crippen molar-refractivity contribution >= 4 is 32.0 Å². The highest BCUT2D eigenvalue weighted by Crippen LogP contribution is 2.32. The van der Waals surface area contributed by atoms with Crippen LogP contribution >= 0.6 is 0 Å². The molecule has 0 bridgehead atoms. The fraction of sp³-hybridized carbons (Fsp3) is 0.600. The second kappa shape index (κ2) is 8.38. The number of benzene rings is 1. The summed E-state index contributed by atoms with van der Waals surface area (Å²) in [5, 5.41) is 14.3. The number of nitro benzene ring substituents is 1. The maximum absolute atomic E-state index is 12.7. The molecule has 1 N–H and O–H groups in total. The van der Waals surface area contributed by atoms with E-state index in [9.17, 15) is 31.5 Å². The predicted molar refractivity (Wildman–Crippen MR) is 94.6 cm³/mol. The molecule has 1 aromatic rings. The molecule has 11 heteroatoms. The summed E-state index contributed by atoms with van der Waals surface area (Å²) in [5.74, 6) is -3.11. The van der Waals surface area contributed by atoms with Crippen molar-refractivity contribution in [1.82, 2.24) is 0 Å². The van der Waals surface area contributed by atoms with Crippen LogP contribution in [0.15, 0.2) is 23.1 Å². The van der Waals surface area contributed by atoms with E-state index in [0.717, 1.165) is 31.4 Å². The summed E-state index contributed by atoms with van der Waals surface area (Å²) in [5.41, 5.74) is -0.512. The number of rotatable bonds is 7. The number of nitro groups is 1. The molecule has 2 rings (SSSR count). The Hall–Kier alpha value is -1.62. The SMILES string of the molecule is CCS(=O)C1CCCC(Nc2ccc(S(=O)(=O)C(F)F)cc2[N+](=O)[O-])C1. The lowest BCUT2D eigenvalue weighted by molar-refractivity contribution is -0.384. The van der Waals surface area contributed by atoms with Crippen LogP contribution < -0.4 is 5.32 Å². The molecule has 0 heterocycles. The van der Waals surface area contributed by atoms with E-state index in [4.69, 9.17) is 0 Å². The standard InChI is InChI=1S/C15H20F2N2O5S2/c1-2-25(22)11-5-3-4-10(8-11)18-13-7-6-12(9-14(13)19(20)21)26(23,24)15(16)17/h6-7,9-11,15,18H,2-5,8H2,1H3. The topological polar surface area (TPSA) is 106 Å². The molecular formula is C15H20F2N2O5S2. The third-order valence-corrected chi connectivity index (χ3v) is 7.49. The van der Waals surface area contributed by atoms with Gasteiger partial charge >= 0.3 is 5.76 Å². The summed E-state index contributed by atoms with van der Waals surface area (Å²) < 4.78 is 60.4. The van der Waals surface area contributed by atoms with E-state index >= 15 is 0 Å². The number of hydrogen-bond acceptors (Lipinski definition) is 6. The maximum atomic E-state index is 12.7. The molecule has 0 radical (unpaired) electrons. The van der Waals surface area contributed by atoms with E-state index < -0.39 is 41.9 Å². The highest BCUT2D eigenvalue weighted by Gasteiger charge is 2.31. The van der Waals surface area contributed by atoms with Crippen molar-refractivity contribution in [2.45, 2.75) is 54.6 Å². The zero-order valence-electron chi connectivity index (χ0n) is 14.1. The van der Waals surface area contributed by atoms with E-state index in [2.05, 4.69) is 5.32 Å². The van der Waals surface area contributed by atoms with Crippen molar-refractivity contribution in [2.75, 3.05) is 11.1 Å². The number of hydrogen-bond donors (Lipinski definition) is 1. The first-order chi connectivity index (χ1) is 12.2. The Labute approximate surface area is 152 Å². The summed E-state index contributed by atoms with van der Waals surface area (Å²) in [6, 6.07) is 2.56. The van der Waals surface area contributed by atoms with Gasteiger partial charge in [0, 0.05) is 33.9 Å². The Bertz CT molecular complexity index is 801. The number of nitrogens with zero attached hydrogens (tertiary/aromatic N) is 1. The summed E-state index contributed by atoms with van der Waals surface area (Å²) in [6.07, 6.45) is 2.95. The van der Waals surface area contributed by atoms with Gasteiger partial charge in [-0.25, -0.2) is 8.42 Å². The van der Waals surface area contributed by atoms with Gasteiger partial charge < -0.3 is 5.32 Å². The van der Waals surface area contributed by atoms with Crippen LogP contribution in [-0.4, -0.2) is 40.4 Å². The monoisotopic (exact) mass is 410 g/mol. The molecule has 1 aliphatic carbocycles. The third kappa shape index (κ3) is 4.56. The van der Waals surface area contributed by atoms with Crippen molar-refractivity contribution in [3.05, 3.63) is 28.3 Å². The van der Waals surface area contributed by atoms with Crippen LogP contribution in [0, 0.1) is 10.1 Å². The number of alkyl halides is 2. The Morgan fingerprint density at radius 2 is 2.08 bits per heavy atom. The van der Waals surface area contributed by atoms with Crippen LogP contribution in [-0.2, 0) is 20.6 Å². The van der Waals surface area contributed by atoms with E-state index in [-0.39, 0.29) is 17.0 Å². The van der Waals surface area contributed by atoms with Crippen LogP contribution in [0.1, 0.15) is 32.6 Å². The first kappa shape index (κ1) is 20.7. The van der Waals surface area contributed by atoms with E-state index in [1.165, 1.54) is 0 Å². The first-order valence-electron chi connectivity index (χ1n) is 8.11. The smallest absolute Gasteiger partial charge is 0.341 e. The van der Waals surface area contributed by atoms with Gasteiger partial charge in [0.05, 0.1) is 9.82 Å². The van der Waals surface area contributed by atoms with Gasteiger partial charge in [-0.15, -0.1) is 0 Å². The van der Waals surface area contributed by atoms with Crippen molar-refractivity contribution in [1.29, 1.82) is 0 Å². The summed E-state index contributed by atoms with van der Waals surface area (Å²) in [7, 11) is -5.88. The molecule has 26 heavy (non-hydrogen) atoms. The quantitative estimate of drug-likeness (QED) is 0.547. The fourth-order valence-corrected chi connectivity index (χ4v) is 5.12. The fourth-order valence-electron chi connectivity index (χ4n) is 3.03. The summed E-state index contributed by atoms with van der Waals surface area (Å²) in [6.45, 7) is 1.83. The molecule has 0 aromatic heterocycles. The zero-order chi connectivity index (χ0) is 19.5. The van der Waals surface area contributed by atoms with Crippen molar-refractivity contribution in [3.63, 3.8) is 0 Å². The van der Waals surface area contributed by atoms with E-state index in [1.807, 2.05) is 6.92 Å². The number of nitrogens with one attached hydrogen (secondary N) is 1. The Morgan fingerprint density at radius 1 is 1.38 bits per heavy atom. The minimum Gasteiger partial charge on any atom is -0.377 e. The highest BCUT2D eigenvalue weighted by molar-refractivity contribution is 7.91. The van der Waals surface area contributed by atoms with Gasteiger partial charge in [-0.1, -0.05) is 13.3 Å². The van der Waals surface area contributed by atoms with Crippen molar-refractivity contribution < 1.29 is 26.3 Å². The van der Waals surface area contributed by atoms with Gasteiger partial charge in [0.2, 0.25) is 9.84 Å². The molecule has 1 fully saturated rings. The van der Waals surface area contributed by atoms with E-state index in [1.54, 1.807) is 0 Å². The molecule has 0 spiro atoms. The van der Waals surface area contributed by atoms with Crippen molar-refractivity contribution in [2.24, 2.45) is 0 Å². The Kier molecular flexibility index (Phi) is 6.67. The molecule has 3 unspecified atom stereocenters. The van der Waals surface area contributed by atoms with Crippen LogP contribution in [0.25, 0.3) is 0 Å². The lowest BCUT2D eigenvalue weighted by Crippen LogP contribution is -2.33. The molecule has 1 aliphatic rings. The summed E-state index contributed by atoms with van der Waals surface area (Å²) >= 11 is 0. The molecule has 3 atom stereocenters. The van der Waals surface area contributed by atoms with Crippen molar-refractivity contribution in [3.8, 4) is 0 Å². The minimum absolute atomic E-state index is 0.00351. The third-order valence-electron chi connectivity index (χ3n) is 4.37. The normalized spacial score (nSPS) is 22.2. The molecule has 146 valence electrons. The van der Waals surface area contributed by atoms with Gasteiger partial charge in [-0.3, -0.25) is 14.3 Å². The van der Waals surface area contributed by atoms with Crippen LogP contribution in [0.4, 0.5) is 20.2 Å². The highest BCUT2D eigenvalue weighted by atomic mass is 32.2. The maximum Gasteiger partial charge on any atom is 0.341 e. The van der Waals surface area contributed by atoms with Gasteiger partial charge in [0.15, 0.2) is 0 Å². The molecule has 0 saturated heterocycles.